The number of hydrogen-bond acceptors (Lipinski definition) is 1. The minimum atomic E-state index is 0. The highest BCUT2D eigenvalue weighted by Crippen LogP contribution is 2.13. The lowest BCUT2D eigenvalue weighted by Gasteiger charge is -2.29. The van der Waals surface area contributed by atoms with Gasteiger partial charge < -0.3 is 4.90 Å². The van der Waals surface area contributed by atoms with Crippen LogP contribution in [0.1, 0.15) is 24.8 Å². The minimum absolute atomic E-state index is 0. The molecule has 0 aromatic heterocycles. The Morgan fingerprint density at radius 2 is 1.69 bits per heavy atom. The van der Waals surface area contributed by atoms with Gasteiger partial charge >= 0.3 is 0 Å². The highest BCUT2D eigenvalue weighted by molar-refractivity contribution is 5.98. The molecule has 16 heavy (non-hydrogen) atoms. The summed E-state index contributed by atoms with van der Waals surface area (Å²) in [5.41, 5.74) is 1.24. The molecule has 0 bridgehead atoms. The van der Waals surface area contributed by atoms with Crippen molar-refractivity contribution in [1.82, 2.24) is 4.90 Å². The largest absolute Gasteiger partial charge is 0.356 e. The van der Waals surface area contributed by atoms with Crippen LogP contribution in [0.4, 0.5) is 0 Å². The topological polar surface area (TPSA) is 15.6 Å². The number of aliphatic imine (C=N–C) groups is 1. The zero-order chi connectivity index (χ0) is 10.5. The molecule has 0 saturated carbocycles. The lowest BCUT2D eigenvalue weighted by Crippen LogP contribution is -2.36. The minimum Gasteiger partial charge on any atom is -0.356 e. The van der Waals surface area contributed by atoms with Gasteiger partial charge in [0.2, 0.25) is 0 Å². The fourth-order valence-electron chi connectivity index (χ4n) is 2.15. The van der Waals surface area contributed by atoms with E-state index in [-0.39, 0.29) is 12.4 Å². The number of nitrogens with zero attached hydrogens (tertiary/aromatic N) is 2. The summed E-state index contributed by atoms with van der Waals surface area (Å²) < 4.78 is 0. The van der Waals surface area contributed by atoms with Crippen LogP contribution in [-0.4, -0.2) is 30.9 Å². The van der Waals surface area contributed by atoms with Crippen LogP contribution in [0, 0.1) is 0 Å². The van der Waals surface area contributed by atoms with Gasteiger partial charge in [0.1, 0.15) is 5.84 Å². The van der Waals surface area contributed by atoms with Gasteiger partial charge in [-0.1, -0.05) is 30.3 Å². The lowest BCUT2D eigenvalue weighted by molar-refractivity contribution is 0.342. The molecule has 1 aromatic carbocycles. The molecule has 0 amide bonds. The second-order valence-electron chi connectivity index (χ2n) is 3.96. The molecule has 0 radical (unpaired) electrons. The van der Waals surface area contributed by atoms with Crippen LogP contribution in [0.25, 0.3) is 0 Å². The van der Waals surface area contributed by atoms with Crippen LogP contribution in [0.2, 0.25) is 0 Å². The highest BCUT2D eigenvalue weighted by atomic mass is 35.5. The third-order valence-electron chi connectivity index (χ3n) is 2.90. The van der Waals surface area contributed by atoms with Gasteiger partial charge in [0.25, 0.3) is 0 Å². The number of hydrogen-bond donors (Lipinski definition) is 0. The predicted molar refractivity (Wildman–Crippen MR) is 71.6 cm³/mol. The molecule has 0 aliphatic carbocycles. The second kappa shape index (κ2) is 6.54. The molecule has 1 heterocycles. The highest BCUT2D eigenvalue weighted by Gasteiger charge is 2.15. The van der Waals surface area contributed by atoms with Crippen molar-refractivity contribution in [2.75, 3.05) is 20.1 Å². The molecule has 0 N–H and O–H groups in total. The summed E-state index contributed by atoms with van der Waals surface area (Å²) in [6.45, 7) is 2.31. The third-order valence-corrected chi connectivity index (χ3v) is 2.90. The first-order chi connectivity index (χ1) is 7.42. The van der Waals surface area contributed by atoms with Crippen LogP contribution in [0.15, 0.2) is 35.3 Å². The molecule has 2 rings (SSSR count). The van der Waals surface area contributed by atoms with E-state index in [0.717, 1.165) is 18.9 Å². The molecule has 88 valence electrons. The van der Waals surface area contributed by atoms with Gasteiger partial charge in [-0.15, -0.1) is 12.4 Å². The molecule has 1 saturated heterocycles. The van der Waals surface area contributed by atoms with Crippen molar-refractivity contribution in [2.45, 2.75) is 19.3 Å². The van der Waals surface area contributed by atoms with Gasteiger partial charge in [-0.3, -0.25) is 4.99 Å². The zero-order valence-corrected chi connectivity index (χ0v) is 10.5. The molecule has 3 heteroatoms. The van der Waals surface area contributed by atoms with Crippen molar-refractivity contribution in [3.63, 3.8) is 0 Å². The fourth-order valence-corrected chi connectivity index (χ4v) is 2.15. The van der Waals surface area contributed by atoms with Gasteiger partial charge in [-0.2, -0.15) is 0 Å². The quantitative estimate of drug-likeness (QED) is 0.543. The Balaban J connectivity index is 0.00000128. The maximum absolute atomic E-state index is 4.42. The van der Waals surface area contributed by atoms with Crippen LogP contribution < -0.4 is 0 Å². The number of halogens is 1. The van der Waals surface area contributed by atoms with E-state index >= 15 is 0 Å². The van der Waals surface area contributed by atoms with Gasteiger partial charge in [-0.05, 0) is 19.3 Å². The van der Waals surface area contributed by atoms with E-state index in [9.17, 15) is 0 Å². The average Bonchev–Trinajstić information content (AvgIpc) is 2.33. The SMILES string of the molecule is CN=C(c1ccccc1)N1CCCCC1.Cl. The lowest BCUT2D eigenvalue weighted by atomic mass is 10.1. The molecule has 0 unspecified atom stereocenters. The van der Waals surface area contributed by atoms with E-state index in [1.807, 2.05) is 13.1 Å². The maximum atomic E-state index is 4.42. The van der Waals surface area contributed by atoms with Gasteiger partial charge in [0, 0.05) is 25.7 Å². The standard InChI is InChI=1S/C13H18N2.ClH/c1-14-13(12-8-4-2-5-9-12)15-10-6-3-7-11-15;/h2,4-5,8-9H,3,6-7,10-11H2,1H3;1H. The van der Waals surface area contributed by atoms with Crippen molar-refractivity contribution in [3.05, 3.63) is 35.9 Å². The van der Waals surface area contributed by atoms with E-state index in [4.69, 9.17) is 0 Å². The van der Waals surface area contributed by atoms with Crippen molar-refractivity contribution >= 4 is 18.2 Å². The Labute approximate surface area is 104 Å². The summed E-state index contributed by atoms with van der Waals surface area (Å²) in [6, 6.07) is 10.5. The predicted octanol–water partition coefficient (Wildman–Crippen LogP) is 2.97. The van der Waals surface area contributed by atoms with Gasteiger partial charge in [-0.25, -0.2) is 0 Å². The van der Waals surface area contributed by atoms with Crippen molar-refractivity contribution in [3.8, 4) is 0 Å². The summed E-state index contributed by atoms with van der Waals surface area (Å²) in [5.74, 6) is 1.15. The maximum Gasteiger partial charge on any atom is 0.130 e. The smallest absolute Gasteiger partial charge is 0.130 e. The molecule has 1 aliphatic rings. The zero-order valence-electron chi connectivity index (χ0n) is 9.72. The Kier molecular flexibility index (Phi) is 5.33. The normalized spacial score (nSPS) is 16.8. The Hall–Kier alpha value is -1.02. The molecule has 0 atom stereocenters. The van der Waals surface area contributed by atoms with E-state index in [2.05, 4.69) is 34.2 Å². The Morgan fingerprint density at radius 1 is 1.06 bits per heavy atom. The molecule has 0 spiro atoms. The summed E-state index contributed by atoms with van der Waals surface area (Å²) >= 11 is 0. The van der Waals surface area contributed by atoms with Crippen molar-refractivity contribution in [2.24, 2.45) is 4.99 Å². The van der Waals surface area contributed by atoms with E-state index in [1.54, 1.807) is 0 Å². The molecule has 1 aliphatic heterocycles. The summed E-state index contributed by atoms with van der Waals surface area (Å²) in [4.78, 5) is 6.83. The molecule has 1 aromatic rings. The van der Waals surface area contributed by atoms with Crippen molar-refractivity contribution in [1.29, 1.82) is 0 Å². The molecular formula is C13H19ClN2. The summed E-state index contributed by atoms with van der Waals surface area (Å²) in [5, 5.41) is 0. The molecule has 2 nitrogen and oxygen atoms in total. The number of amidine groups is 1. The third kappa shape index (κ3) is 2.99. The Morgan fingerprint density at radius 3 is 2.25 bits per heavy atom. The number of rotatable bonds is 1. The summed E-state index contributed by atoms with van der Waals surface area (Å²) in [6.07, 6.45) is 3.96. The molecular weight excluding hydrogens is 220 g/mol. The van der Waals surface area contributed by atoms with E-state index in [0.29, 0.717) is 0 Å². The first-order valence-corrected chi connectivity index (χ1v) is 5.69. The van der Waals surface area contributed by atoms with Crippen LogP contribution in [0.3, 0.4) is 0 Å². The fraction of sp³-hybridized carbons (Fsp3) is 0.462. The molecule has 1 fully saturated rings. The van der Waals surface area contributed by atoms with Crippen LogP contribution >= 0.6 is 12.4 Å². The monoisotopic (exact) mass is 238 g/mol. The number of piperidine rings is 1. The van der Waals surface area contributed by atoms with Crippen molar-refractivity contribution < 1.29 is 0 Å². The van der Waals surface area contributed by atoms with Crippen LogP contribution in [-0.2, 0) is 0 Å². The van der Waals surface area contributed by atoms with E-state index < -0.39 is 0 Å². The summed E-state index contributed by atoms with van der Waals surface area (Å²) in [7, 11) is 1.89. The van der Waals surface area contributed by atoms with E-state index in [1.165, 1.54) is 24.8 Å². The second-order valence-corrected chi connectivity index (χ2v) is 3.96. The first kappa shape index (κ1) is 13.0. The number of likely N-dealkylation sites (tertiary alicyclic amines) is 1. The van der Waals surface area contributed by atoms with Crippen LogP contribution in [0.5, 0.6) is 0 Å². The van der Waals surface area contributed by atoms with Gasteiger partial charge in [0.15, 0.2) is 0 Å². The Bertz CT molecular complexity index is 329. The first-order valence-electron chi connectivity index (χ1n) is 5.69. The number of benzene rings is 1. The average molecular weight is 239 g/mol. The van der Waals surface area contributed by atoms with Gasteiger partial charge in [0.05, 0.1) is 0 Å².